The highest BCUT2D eigenvalue weighted by molar-refractivity contribution is 8.00. The minimum absolute atomic E-state index is 0.0398. The number of hydrogen-bond acceptors (Lipinski definition) is 9. The summed E-state index contributed by atoms with van der Waals surface area (Å²) < 4.78 is 64.8. The van der Waals surface area contributed by atoms with Crippen LogP contribution in [0.5, 0.6) is 11.5 Å². The topological polar surface area (TPSA) is 107 Å². The fourth-order valence-corrected chi connectivity index (χ4v) is 6.99. The average molecular weight is 661 g/mol. The second-order valence-corrected chi connectivity index (χ2v) is 13.4. The van der Waals surface area contributed by atoms with E-state index in [-0.39, 0.29) is 34.8 Å². The van der Waals surface area contributed by atoms with Crippen LogP contribution in [0.15, 0.2) is 51.9 Å². The van der Waals surface area contributed by atoms with Gasteiger partial charge in [0.25, 0.3) is 5.91 Å². The summed E-state index contributed by atoms with van der Waals surface area (Å²) in [6, 6.07) is 10.0. The number of imide groups is 1. The highest BCUT2D eigenvalue weighted by Gasteiger charge is 2.51. The van der Waals surface area contributed by atoms with Crippen molar-refractivity contribution in [1.82, 2.24) is 19.9 Å². The van der Waals surface area contributed by atoms with E-state index in [1.54, 1.807) is 30.9 Å². The smallest absolute Gasteiger partial charge is 0.420 e. The normalized spacial score (nSPS) is 20.6. The molecule has 3 amide bonds. The van der Waals surface area contributed by atoms with E-state index in [0.29, 0.717) is 49.5 Å². The number of aromatic nitrogens is 2. The number of rotatable bonds is 10. The lowest BCUT2D eigenvalue weighted by Crippen LogP contribution is -2.45. The first-order valence-electron chi connectivity index (χ1n) is 15.3. The number of ether oxygens (including phenoxy) is 3. The molecule has 0 saturated carbocycles. The largest absolute Gasteiger partial charge is 0.456 e. The van der Waals surface area contributed by atoms with Crippen molar-refractivity contribution in [2.75, 3.05) is 33.0 Å². The summed E-state index contributed by atoms with van der Waals surface area (Å²) in [5.74, 6) is -0.243. The molecule has 10 nitrogen and oxygen atoms in total. The van der Waals surface area contributed by atoms with Crippen LogP contribution in [0.2, 0.25) is 0 Å². The van der Waals surface area contributed by atoms with Gasteiger partial charge in [0.2, 0.25) is 11.7 Å². The number of hydrogen-bond donors (Lipinski definition) is 0. The highest BCUT2D eigenvalue weighted by atomic mass is 32.2. The second kappa shape index (κ2) is 13.2. The minimum atomic E-state index is -4.74. The van der Waals surface area contributed by atoms with E-state index < -0.39 is 29.2 Å². The van der Waals surface area contributed by atoms with Gasteiger partial charge in [0, 0.05) is 37.2 Å². The van der Waals surface area contributed by atoms with Crippen LogP contribution in [0, 0.1) is 5.92 Å². The van der Waals surface area contributed by atoms with Gasteiger partial charge in [0.15, 0.2) is 0 Å². The van der Waals surface area contributed by atoms with E-state index in [9.17, 15) is 22.8 Å². The molecule has 14 heteroatoms. The molecule has 1 unspecified atom stereocenters. The highest BCUT2D eigenvalue weighted by Crippen LogP contribution is 2.43. The molecular formula is C32H35F3N4O6S. The number of nitrogens with zero attached hydrogens (tertiary/aromatic N) is 4. The second-order valence-electron chi connectivity index (χ2n) is 12.1. The molecule has 3 fully saturated rings. The van der Waals surface area contributed by atoms with Gasteiger partial charge in [0.1, 0.15) is 23.6 Å². The molecule has 0 aliphatic carbocycles. The van der Waals surface area contributed by atoms with Crippen LogP contribution in [0.25, 0.3) is 11.4 Å². The monoisotopic (exact) mass is 660 g/mol. The number of urea groups is 1. The maximum Gasteiger partial charge on any atom is 0.420 e. The third-order valence-electron chi connectivity index (χ3n) is 8.56. The van der Waals surface area contributed by atoms with Crippen molar-refractivity contribution >= 4 is 23.7 Å². The first-order valence-corrected chi connectivity index (χ1v) is 16.2. The molecule has 1 aromatic heterocycles. The zero-order valence-corrected chi connectivity index (χ0v) is 26.4. The van der Waals surface area contributed by atoms with Gasteiger partial charge in [-0.3, -0.25) is 9.69 Å². The van der Waals surface area contributed by atoms with Crippen molar-refractivity contribution < 1.29 is 41.5 Å². The number of benzene rings is 2. The number of carbonyl (C=O) groups is 2. The fourth-order valence-electron chi connectivity index (χ4n) is 5.87. The summed E-state index contributed by atoms with van der Waals surface area (Å²) in [5, 5.41) is 4.05. The Balaban J connectivity index is 1.17. The standard InChI is InChI=1S/C32H35F3N4O6S/c1-31(2)29(40)38(30(41)39(31)13-9-20-10-14-42-15-11-20)18-27-36-28(37-45-27)21-7-8-24(23(17-21)32(33,34)35)44-25-5-3-4-6-26(25)46-22-12-16-43-19-22/h3-8,17,20,22H,9-16,18-19H2,1-2H3. The number of thioether (sulfide) groups is 1. The summed E-state index contributed by atoms with van der Waals surface area (Å²) >= 11 is 1.51. The van der Waals surface area contributed by atoms with Crippen LogP contribution >= 0.6 is 11.8 Å². The van der Waals surface area contributed by atoms with Crippen LogP contribution in [0.4, 0.5) is 18.0 Å². The molecule has 2 aromatic carbocycles. The predicted octanol–water partition coefficient (Wildman–Crippen LogP) is 6.79. The lowest BCUT2D eigenvalue weighted by atomic mass is 9.95. The third-order valence-corrected chi connectivity index (χ3v) is 9.86. The summed E-state index contributed by atoms with van der Waals surface area (Å²) in [7, 11) is 0. The zero-order valence-electron chi connectivity index (χ0n) is 25.5. The first kappa shape index (κ1) is 32.3. The molecule has 0 radical (unpaired) electrons. The number of amides is 3. The maximum absolute atomic E-state index is 14.3. The lowest BCUT2D eigenvalue weighted by molar-refractivity contribution is -0.138. The van der Waals surface area contributed by atoms with Gasteiger partial charge in [0.05, 0.1) is 17.1 Å². The molecule has 246 valence electrons. The van der Waals surface area contributed by atoms with Gasteiger partial charge in [-0.15, -0.1) is 11.8 Å². The predicted molar refractivity (Wildman–Crippen MR) is 161 cm³/mol. The molecule has 0 bridgehead atoms. The average Bonchev–Trinajstić information content (AvgIpc) is 3.76. The van der Waals surface area contributed by atoms with Crippen molar-refractivity contribution in [3.8, 4) is 22.9 Å². The zero-order chi connectivity index (χ0) is 32.5. The molecule has 6 rings (SSSR count). The summed E-state index contributed by atoms with van der Waals surface area (Å²) in [4.78, 5) is 34.1. The third kappa shape index (κ3) is 6.88. The van der Waals surface area contributed by atoms with Crippen molar-refractivity contribution in [3.63, 3.8) is 0 Å². The van der Waals surface area contributed by atoms with Crippen molar-refractivity contribution in [1.29, 1.82) is 0 Å². The molecule has 3 saturated heterocycles. The Kier molecular flexibility index (Phi) is 9.31. The van der Waals surface area contributed by atoms with E-state index >= 15 is 0 Å². The van der Waals surface area contributed by atoms with Gasteiger partial charge in [-0.05, 0) is 75.8 Å². The van der Waals surface area contributed by atoms with Crippen LogP contribution in [-0.4, -0.2) is 75.6 Å². The molecule has 4 heterocycles. The Labute approximate surface area is 268 Å². The molecule has 0 N–H and O–H groups in total. The van der Waals surface area contributed by atoms with E-state index in [1.165, 1.54) is 23.9 Å². The van der Waals surface area contributed by atoms with E-state index in [0.717, 1.165) is 36.6 Å². The Morgan fingerprint density at radius 1 is 1.02 bits per heavy atom. The Morgan fingerprint density at radius 2 is 1.78 bits per heavy atom. The molecule has 46 heavy (non-hydrogen) atoms. The van der Waals surface area contributed by atoms with Gasteiger partial charge < -0.3 is 23.6 Å². The first-order chi connectivity index (χ1) is 22.0. The quantitative estimate of drug-likeness (QED) is 0.217. The van der Waals surface area contributed by atoms with Crippen LogP contribution in [-0.2, 0) is 27.0 Å². The van der Waals surface area contributed by atoms with E-state index in [1.807, 2.05) is 12.1 Å². The summed E-state index contributed by atoms with van der Waals surface area (Å²) in [6.07, 6.45) is -1.31. The number of alkyl halides is 3. The number of para-hydroxylation sites is 1. The minimum Gasteiger partial charge on any atom is -0.456 e. The van der Waals surface area contributed by atoms with E-state index in [2.05, 4.69) is 10.1 Å². The molecule has 1 atom stereocenters. The lowest BCUT2D eigenvalue weighted by Gasteiger charge is -2.30. The Bertz CT molecular complexity index is 1570. The Hall–Kier alpha value is -3.62. The van der Waals surface area contributed by atoms with Gasteiger partial charge in [-0.2, -0.15) is 18.2 Å². The number of halogens is 3. The van der Waals surface area contributed by atoms with Gasteiger partial charge >= 0.3 is 12.2 Å². The molecule has 3 aliphatic heterocycles. The van der Waals surface area contributed by atoms with Crippen LogP contribution in [0.3, 0.4) is 0 Å². The van der Waals surface area contributed by atoms with Crippen molar-refractivity contribution in [2.45, 2.75) is 67.9 Å². The molecular weight excluding hydrogens is 625 g/mol. The maximum atomic E-state index is 14.3. The molecule has 3 aliphatic rings. The summed E-state index contributed by atoms with van der Waals surface area (Å²) in [6.45, 7) is 6.11. The van der Waals surface area contributed by atoms with Crippen molar-refractivity contribution in [3.05, 3.63) is 53.9 Å². The van der Waals surface area contributed by atoms with Gasteiger partial charge in [-0.25, -0.2) is 4.79 Å². The molecule has 3 aromatic rings. The summed E-state index contributed by atoms with van der Waals surface area (Å²) in [5.41, 5.74) is -2.03. The van der Waals surface area contributed by atoms with Crippen LogP contribution < -0.4 is 4.74 Å². The number of carbonyl (C=O) groups excluding carboxylic acids is 2. The van der Waals surface area contributed by atoms with Gasteiger partial charge in [-0.1, -0.05) is 17.3 Å². The fraction of sp³-hybridized carbons (Fsp3) is 0.500. The van der Waals surface area contributed by atoms with E-state index in [4.69, 9.17) is 18.7 Å². The van der Waals surface area contributed by atoms with Crippen LogP contribution in [0.1, 0.15) is 51.0 Å². The molecule has 0 spiro atoms. The Morgan fingerprint density at radius 3 is 2.52 bits per heavy atom. The van der Waals surface area contributed by atoms with Crippen molar-refractivity contribution in [2.24, 2.45) is 5.92 Å². The SMILES string of the molecule is CC1(C)C(=O)N(Cc2nc(-c3ccc(Oc4ccccc4SC4CCOC4)c(C(F)(F)F)c3)no2)C(=O)N1CCC1CCOCC1.